The van der Waals surface area contributed by atoms with Crippen LogP contribution in [0.25, 0.3) is 32.7 Å². The molecule has 60 heavy (non-hydrogen) atoms. The highest BCUT2D eigenvalue weighted by molar-refractivity contribution is 6.13. The van der Waals surface area contributed by atoms with Gasteiger partial charge in [0.05, 0.1) is 60.5 Å². The van der Waals surface area contributed by atoms with Gasteiger partial charge < -0.3 is 59.8 Å². The van der Waals surface area contributed by atoms with E-state index in [0.29, 0.717) is 24.0 Å². The smallest absolute Gasteiger partial charge is 0.342 e. The Bertz CT molecular complexity index is 2060. The van der Waals surface area contributed by atoms with Crippen LogP contribution in [0, 0.1) is 0 Å². The molecule has 8 N–H and O–H groups in total. The van der Waals surface area contributed by atoms with Gasteiger partial charge in [0.1, 0.15) is 57.8 Å². The molecule has 0 aliphatic carbocycles. The molecule has 0 fully saturated rings. The first-order valence-electron chi connectivity index (χ1n) is 21.0. The Labute approximate surface area is 348 Å². The summed E-state index contributed by atoms with van der Waals surface area (Å²) in [7, 11) is 2.67. The second-order valence-electron chi connectivity index (χ2n) is 16.3. The molecule has 6 atom stereocenters. The summed E-state index contributed by atoms with van der Waals surface area (Å²) in [6, 6.07) is 6.23. The quantitative estimate of drug-likeness (QED) is 0.0358. The molecule has 14 heteroatoms. The van der Waals surface area contributed by atoms with E-state index in [-0.39, 0.29) is 93.8 Å². The predicted octanol–water partition coefficient (Wildman–Crippen LogP) is 6.83. The third-order valence-corrected chi connectivity index (χ3v) is 11.8. The highest BCUT2D eigenvalue weighted by Crippen LogP contribution is 2.56. The van der Waals surface area contributed by atoms with Gasteiger partial charge in [-0.05, 0) is 71.8 Å². The third kappa shape index (κ3) is 9.16. The van der Waals surface area contributed by atoms with Crippen LogP contribution in [0.2, 0.25) is 0 Å². The average Bonchev–Trinajstić information content (AvgIpc) is 3.17. The lowest BCUT2D eigenvalue weighted by Gasteiger charge is -2.29. The highest BCUT2D eigenvalue weighted by Gasteiger charge is 2.36. The van der Waals surface area contributed by atoms with Crippen LogP contribution >= 0.6 is 0 Å². The number of rotatable bonds is 19. The summed E-state index contributed by atoms with van der Waals surface area (Å²) in [6.45, 7) is 4.13. The van der Waals surface area contributed by atoms with E-state index in [1.165, 1.54) is 26.4 Å². The Balaban J connectivity index is 1.33. The van der Waals surface area contributed by atoms with E-state index in [1.807, 2.05) is 0 Å². The minimum Gasteiger partial charge on any atom is -0.506 e. The number of aliphatic hydroxyl groups excluding tert-OH is 4. The predicted molar refractivity (Wildman–Crippen MR) is 223 cm³/mol. The zero-order chi connectivity index (χ0) is 43.4. The van der Waals surface area contributed by atoms with Crippen LogP contribution in [0.1, 0.15) is 123 Å². The van der Waals surface area contributed by atoms with Gasteiger partial charge in [0, 0.05) is 25.7 Å². The number of benzene rings is 4. The number of cyclic esters (lactones) is 2. The maximum atomic E-state index is 13.4. The van der Waals surface area contributed by atoms with Crippen molar-refractivity contribution >= 4 is 33.5 Å². The summed E-state index contributed by atoms with van der Waals surface area (Å²) in [5, 5.41) is 89.5. The van der Waals surface area contributed by atoms with Crippen molar-refractivity contribution in [3.63, 3.8) is 0 Å². The standard InChI is InChI=1S/C46H58O14/c1-5-7-9-11-27(47)19-29(49)21-31-15-23-13-25-17-33(57-3)39(43(53)35(25)41(51)37(23)45(55)59-31)40-34(58-4)18-26-14-24-16-32(22-30(50)20-28(48)12-10-8-6-2)60-46(56)38(24)42(52)36(26)44(40)54/h13-14,17-18,27-32,47-54H,5-12,15-16,19-22H2,1-4H3. The van der Waals surface area contributed by atoms with E-state index < -0.39 is 71.6 Å². The van der Waals surface area contributed by atoms with Crippen molar-refractivity contribution in [2.75, 3.05) is 14.2 Å². The number of hydrogen-bond donors (Lipinski definition) is 8. The van der Waals surface area contributed by atoms with Gasteiger partial charge in [-0.2, -0.15) is 0 Å². The summed E-state index contributed by atoms with van der Waals surface area (Å²) in [6.07, 6.45) is 2.78. The molecule has 4 aromatic carbocycles. The molecule has 2 aliphatic rings. The molecule has 2 heterocycles. The summed E-state index contributed by atoms with van der Waals surface area (Å²) in [5.41, 5.74) is 0.178. The molecule has 6 unspecified atom stereocenters. The Morgan fingerprint density at radius 3 is 1.28 bits per heavy atom. The van der Waals surface area contributed by atoms with Crippen molar-refractivity contribution in [1.29, 1.82) is 0 Å². The second-order valence-corrected chi connectivity index (χ2v) is 16.3. The third-order valence-electron chi connectivity index (χ3n) is 11.8. The number of ether oxygens (including phenoxy) is 4. The number of carbonyl (C=O) groups excluding carboxylic acids is 2. The van der Waals surface area contributed by atoms with Gasteiger partial charge >= 0.3 is 11.9 Å². The number of phenolic OH excluding ortho intramolecular Hbond substituents is 4. The molecule has 14 nitrogen and oxygen atoms in total. The van der Waals surface area contributed by atoms with Crippen molar-refractivity contribution in [3.8, 4) is 45.6 Å². The molecule has 0 amide bonds. The van der Waals surface area contributed by atoms with Crippen LogP contribution in [0.5, 0.6) is 34.5 Å². The maximum absolute atomic E-state index is 13.4. The number of fused-ring (bicyclic) bond motifs is 4. The van der Waals surface area contributed by atoms with E-state index in [4.69, 9.17) is 18.9 Å². The Hall–Kier alpha value is -5.02. The monoisotopic (exact) mass is 834 g/mol. The zero-order valence-corrected chi connectivity index (χ0v) is 34.7. The first-order valence-corrected chi connectivity index (χ1v) is 21.0. The molecule has 2 aliphatic heterocycles. The lowest BCUT2D eigenvalue weighted by Crippen LogP contribution is -2.32. The zero-order valence-electron chi connectivity index (χ0n) is 34.7. The Kier molecular flexibility index (Phi) is 14.2. The molecule has 4 aromatic rings. The number of unbranched alkanes of at least 4 members (excludes halogenated alkanes) is 4. The number of esters is 2. The van der Waals surface area contributed by atoms with Crippen LogP contribution < -0.4 is 9.47 Å². The minimum atomic E-state index is -0.927. The second kappa shape index (κ2) is 19.1. The van der Waals surface area contributed by atoms with Crippen LogP contribution in [-0.4, -0.2) is 104 Å². The fourth-order valence-corrected chi connectivity index (χ4v) is 8.89. The van der Waals surface area contributed by atoms with Crippen molar-refractivity contribution in [1.82, 2.24) is 0 Å². The Morgan fingerprint density at radius 2 is 0.933 bits per heavy atom. The molecule has 0 saturated heterocycles. The van der Waals surface area contributed by atoms with Crippen LogP contribution in [0.3, 0.4) is 0 Å². The molecular formula is C46H58O14. The van der Waals surface area contributed by atoms with E-state index in [0.717, 1.165) is 38.5 Å². The molecule has 0 bridgehead atoms. The SMILES string of the molecule is CCCCCC(O)CC(O)CC1Cc2cc3cc(OC)c(-c4c(OC)cc5cc6c(c(O)c5c4O)C(=O)OC(CC(O)CC(O)CCCCC)C6)c(O)c3c(O)c2C(=O)O1. The molecular weight excluding hydrogens is 776 g/mol. The van der Waals surface area contributed by atoms with Gasteiger partial charge in [-0.3, -0.25) is 0 Å². The van der Waals surface area contributed by atoms with Crippen molar-refractivity contribution in [2.45, 2.75) is 140 Å². The van der Waals surface area contributed by atoms with Crippen LogP contribution in [-0.2, 0) is 22.3 Å². The molecule has 0 radical (unpaired) electrons. The molecule has 0 spiro atoms. The fraction of sp³-hybridized carbons (Fsp3) is 0.522. The number of methoxy groups -OCH3 is 2. The van der Waals surface area contributed by atoms with Crippen molar-refractivity contribution in [3.05, 3.63) is 46.5 Å². The largest absolute Gasteiger partial charge is 0.506 e. The molecule has 0 aromatic heterocycles. The number of phenols is 4. The van der Waals surface area contributed by atoms with Gasteiger partial charge in [0.25, 0.3) is 0 Å². The van der Waals surface area contributed by atoms with Crippen LogP contribution in [0.15, 0.2) is 24.3 Å². The topological polar surface area (TPSA) is 233 Å². The number of aliphatic hydroxyl groups is 4. The Morgan fingerprint density at radius 1 is 0.567 bits per heavy atom. The summed E-state index contributed by atoms with van der Waals surface area (Å²) in [5.74, 6) is -4.00. The molecule has 0 saturated carbocycles. The number of aromatic hydroxyl groups is 4. The fourth-order valence-electron chi connectivity index (χ4n) is 8.89. The first kappa shape index (κ1) is 44.5. The molecule has 326 valence electrons. The van der Waals surface area contributed by atoms with E-state index >= 15 is 0 Å². The lowest BCUT2D eigenvalue weighted by atomic mass is 9.87. The summed E-state index contributed by atoms with van der Waals surface area (Å²) < 4.78 is 22.7. The lowest BCUT2D eigenvalue weighted by molar-refractivity contribution is -0.000831. The van der Waals surface area contributed by atoms with E-state index in [1.54, 1.807) is 12.1 Å². The van der Waals surface area contributed by atoms with Crippen molar-refractivity contribution in [2.24, 2.45) is 0 Å². The highest BCUT2D eigenvalue weighted by atomic mass is 16.6. The van der Waals surface area contributed by atoms with E-state index in [9.17, 15) is 50.4 Å². The summed E-state index contributed by atoms with van der Waals surface area (Å²) in [4.78, 5) is 26.8. The summed E-state index contributed by atoms with van der Waals surface area (Å²) >= 11 is 0. The first-order chi connectivity index (χ1) is 28.7. The number of hydrogen-bond acceptors (Lipinski definition) is 14. The van der Waals surface area contributed by atoms with Gasteiger partial charge in [0.15, 0.2) is 0 Å². The van der Waals surface area contributed by atoms with E-state index in [2.05, 4.69) is 13.8 Å². The average molecular weight is 835 g/mol. The normalized spacial score (nSPS) is 18.3. The van der Waals surface area contributed by atoms with Gasteiger partial charge in [-0.1, -0.05) is 52.4 Å². The van der Waals surface area contributed by atoms with Gasteiger partial charge in [-0.25, -0.2) is 9.59 Å². The maximum Gasteiger partial charge on any atom is 0.342 e. The van der Waals surface area contributed by atoms with Crippen molar-refractivity contribution < 1.29 is 69.4 Å². The number of carbonyl (C=O) groups is 2. The molecule has 6 rings (SSSR count). The van der Waals surface area contributed by atoms with Crippen LogP contribution in [0.4, 0.5) is 0 Å². The van der Waals surface area contributed by atoms with Gasteiger partial charge in [0.2, 0.25) is 0 Å². The minimum absolute atomic E-state index is 0.0310. The van der Waals surface area contributed by atoms with Gasteiger partial charge in [-0.15, -0.1) is 0 Å².